The van der Waals surface area contributed by atoms with Crippen LogP contribution in [-0.2, 0) is 9.59 Å². The zero-order chi connectivity index (χ0) is 12.7. The van der Waals surface area contributed by atoms with Crippen molar-refractivity contribution >= 4 is 11.9 Å². The molecule has 0 radical (unpaired) electrons. The molecule has 0 saturated carbocycles. The van der Waals surface area contributed by atoms with Gasteiger partial charge in [0.05, 0.1) is 12.0 Å². The molecule has 0 aromatic heterocycles. The van der Waals surface area contributed by atoms with Gasteiger partial charge in [0, 0.05) is 6.54 Å². The smallest absolute Gasteiger partial charge is 0.306 e. The van der Waals surface area contributed by atoms with E-state index >= 15 is 0 Å². The first-order valence-electron chi connectivity index (χ1n) is 5.62. The Hall–Kier alpha value is -1.10. The van der Waals surface area contributed by atoms with Crippen LogP contribution in [0.4, 0.5) is 0 Å². The van der Waals surface area contributed by atoms with Gasteiger partial charge in [-0.15, -0.1) is 0 Å². The van der Waals surface area contributed by atoms with E-state index in [-0.39, 0.29) is 17.7 Å². The van der Waals surface area contributed by atoms with Gasteiger partial charge >= 0.3 is 5.97 Å². The first kappa shape index (κ1) is 14.9. The van der Waals surface area contributed by atoms with Crippen molar-refractivity contribution in [3.63, 3.8) is 0 Å². The minimum absolute atomic E-state index is 0.109. The molecule has 0 aliphatic carbocycles. The molecule has 4 N–H and O–H groups in total. The van der Waals surface area contributed by atoms with Gasteiger partial charge in [0.1, 0.15) is 0 Å². The number of rotatable bonds is 7. The normalized spacial score (nSPS) is 14.6. The first-order valence-corrected chi connectivity index (χ1v) is 5.62. The van der Waals surface area contributed by atoms with E-state index in [4.69, 9.17) is 10.8 Å². The van der Waals surface area contributed by atoms with Crippen LogP contribution in [0.5, 0.6) is 0 Å². The fraction of sp³-hybridized carbons (Fsp3) is 0.818. The molecule has 2 atom stereocenters. The third-order valence-corrected chi connectivity index (χ3v) is 2.56. The van der Waals surface area contributed by atoms with Crippen LogP contribution in [0.2, 0.25) is 0 Å². The van der Waals surface area contributed by atoms with E-state index in [9.17, 15) is 9.59 Å². The number of hydrogen-bond donors (Lipinski definition) is 3. The molecule has 0 aliphatic rings. The molecule has 94 valence electrons. The lowest BCUT2D eigenvalue weighted by atomic mass is 10.0. The molecule has 0 rings (SSSR count). The number of nitrogens with one attached hydrogen (secondary N) is 1. The van der Waals surface area contributed by atoms with Crippen molar-refractivity contribution in [2.45, 2.75) is 39.7 Å². The highest BCUT2D eigenvalue weighted by Gasteiger charge is 2.16. The van der Waals surface area contributed by atoms with Crippen molar-refractivity contribution in [2.24, 2.45) is 17.6 Å². The van der Waals surface area contributed by atoms with Gasteiger partial charge in [-0.05, 0) is 18.8 Å². The molecule has 0 aromatic carbocycles. The van der Waals surface area contributed by atoms with E-state index in [1.807, 2.05) is 13.8 Å². The summed E-state index contributed by atoms with van der Waals surface area (Å²) in [6.07, 6.45) is 1.22. The number of aliphatic carboxylic acids is 1. The second kappa shape index (κ2) is 7.22. The maximum atomic E-state index is 11.4. The molecular weight excluding hydrogens is 208 g/mol. The van der Waals surface area contributed by atoms with Gasteiger partial charge in [0.15, 0.2) is 0 Å². The molecule has 0 aliphatic heterocycles. The maximum Gasteiger partial charge on any atom is 0.306 e. The summed E-state index contributed by atoms with van der Waals surface area (Å²) in [5, 5.41) is 11.3. The Bertz CT molecular complexity index is 241. The zero-order valence-electron chi connectivity index (χ0n) is 10.2. The van der Waals surface area contributed by atoms with E-state index in [0.29, 0.717) is 19.4 Å². The van der Waals surface area contributed by atoms with E-state index in [2.05, 4.69) is 5.32 Å². The predicted molar refractivity (Wildman–Crippen MR) is 61.9 cm³/mol. The number of carboxylic acid groups (broad SMARTS) is 1. The Labute approximate surface area is 96.4 Å². The SMILES string of the molecule is CC(CCCNC(=O)[C@@H](N)C(C)C)C(=O)O. The molecule has 0 aromatic rings. The molecule has 1 amide bonds. The van der Waals surface area contributed by atoms with Crippen molar-refractivity contribution in [3.05, 3.63) is 0 Å². The van der Waals surface area contributed by atoms with E-state index in [0.717, 1.165) is 0 Å². The summed E-state index contributed by atoms with van der Waals surface area (Å²) in [6, 6.07) is -0.489. The van der Waals surface area contributed by atoms with Crippen molar-refractivity contribution in [1.82, 2.24) is 5.32 Å². The third kappa shape index (κ3) is 5.70. The molecule has 0 saturated heterocycles. The van der Waals surface area contributed by atoms with Crippen LogP contribution in [0.3, 0.4) is 0 Å². The van der Waals surface area contributed by atoms with Gasteiger partial charge in [-0.3, -0.25) is 9.59 Å². The summed E-state index contributed by atoms with van der Waals surface area (Å²) in [6.45, 7) is 5.91. The summed E-state index contributed by atoms with van der Waals surface area (Å²) >= 11 is 0. The largest absolute Gasteiger partial charge is 0.481 e. The molecule has 16 heavy (non-hydrogen) atoms. The Morgan fingerprint density at radius 1 is 1.31 bits per heavy atom. The Morgan fingerprint density at radius 2 is 1.88 bits per heavy atom. The molecule has 5 heteroatoms. The lowest BCUT2D eigenvalue weighted by Crippen LogP contribution is -2.44. The second-order valence-corrected chi connectivity index (χ2v) is 4.44. The summed E-state index contributed by atoms with van der Waals surface area (Å²) in [5.74, 6) is -1.23. The van der Waals surface area contributed by atoms with Crippen LogP contribution in [0, 0.1) is 11.8 Å². The van der Waals surface area contributed by atoms with Crippen LogP contribution >= 0.6 is 0 Å². The highest BCUT2D eigenvalue weighted by atomic mass is 16.4. The molecular formula is C11H22N2O3. The summed E-state index contributed by atoms with van der Waals surface area (Å²) in [4.78, 5) is 21.9. The second-order valence-electron chi connectivity index (χ2n) is 4.44. The van der Waals surface area contributed by atoms with Crippen LogP contribution in [0.1, 0.15) is 33.6 Å². The highest BCUT2D eigenvalue weighted by Crippen LogP contribution is 2.04. The lowest BCUT2D eigenvalue weighted by Gasteiger charge is -2.15. The summed E-state index contributed by atoms with van der Waals surface area (Å²) in [5.41, 5.74) is 5.64. The number of amides is 1. The minimum atomic E-state index is -0.801. The average Bonchev–Trinajstić information content (AvgIpc) is 2.22. The van der Waals surface area contributed by atoms with Gasteiger partial charge in [0.2, 0.25) is 5.91 Å². The lowest BCUT2D eigenvalue weighted by molar-refractivity contribution is -0.141. The van der Waals surface area contributed by atoms with Gasteiger partial charge in [-0.2, -0.15) is 0 Å². The monoisotopic (exact) mass is 230 g/mol. The Balaban J connectivity index is 3.67. The zero-order valence-corrected chi connectivity index (χ0v) is 10.2. The number of nitrogens with two attached hydrogens (primary N) is 1. The Kier molecular flexibility index (Phi) is 6.72. The van der Waals surface area contributed by atoms with Crippen molar-refractivity contribution in [3.8, 4) is 0 Å². The Morgan fingerprint density at radius 3 is 2.31 bits per heavy atom. The van der Waals surface area contributed by atoms with E-state index < -0.39 is 12.0 Å². The molecule has 0 spiro atoms. The minimum Gasteiger partial charge on any atom is -0.481 e. The molecule has 0 fully saturated rings. The van der Waals surface area contributed by atoms with Crippen LogP contribution in [0.15, 0.2) is 0 Å². The highest BCUT2D eigenvalue weighted by molar-refractivity contribution is 5.81. The number of hydrogen-bond acceptors (Lipinski definition) is 3. The third-order valence-electron chi connectivity index (χ3n) is 2.56. The van der Waals surface area contributed by atoms with Gasteiger partial charge in [0.25, 0.3) is 0 Å². The molecule has 0 bridgehead atoms. The van der Waals surface area contributed by atoms with Gasteiger partial charge in [-0.25, -0.2) is 0 Å². The van der Waals surface area contributed by atoms with Crippen LogP contribution < -0.4 is 11.1 Å². The fourth-order valence-electron chi connectivity index (χ4n) is 1.16. The average molecular weight is 230 g/mol. The summed E-state index contributed by atoms with van der Waals surface area (Å²) in [7, 11) is 0. The predicted octanol–water partition coefficient (Wildman–Crippen LogP) is 0.587. The van der Waals surface area contributed by atoms with Gasteiger partial charge in [-0.1, -0.05) is 20.8 Å². The van der Waals surface area contributed by atoms with E-state index in [1.54, 1.807) is 6.92 Å². The maximum absolute atomic E-state index is 11.4. The molecule has 1 unspecified atom stereocenters. The summed E-state index contributed by atoms with van der Waals surface area (Å²) < 4.78 is 0. The number of carbonyl (C=O) groups excluding carboxylic acids is 1. The first-order chi connectivity index (χ1) is 7.36. The van der Waals surface area contributed by atoms with Crippen LogP contribution in [0.25, 0.3) is 0 Å². The number of carboxylic acids is 1. The van der Waals surface area contributed by atoms with Crippen molar-refractivity contribution < 1.29 is 14.7 Å². The van der Waals surface area contributed by atoms with Crippen LogP contribution in [-0.4, -0.2) is 29.6 Å². The fourth-order valence-corrected chi connectivity index (χ4v) is 1.16. The molecule has 0 heterocycles. The van der Waals surface area contributed by atoms with E-state index in [1.165, 1.54) is 0 Å². The quantitative estimate of drug-likeness (QED) is 0.558. The van der Waals surface area contributed by atoms with Gasteiger partial charge < -0.3 is 16.2 Å². The standard InChI is InChI=1S/C11H22N2O3/c1-7(2)9(12)10(14)13-6-4-5-8(3)11(15)16/h7-9H,4-6,12H2,1-3H3,(H,13,14)(H,15,16)/t8?,9-/m0/s1. The van der Waals surface area contributed by atoms with Crippen molar-refractivity contribution in [1.29, 1.82) is 0 Å². The topological polar surface area (TPSA) is 92.4 Å². The molecule has 5 nitrogen and oxygen atoms in total. The van der Waals surface area contributed by atoms with Crippen molar-refractivity contribution in [2.75, 3.05) is 6.54 Å². The number of carbonyl (C=O) groups is 2.